The van der Waals surface area contributed by atoms with Crippen molar-refractivity contribution in [2.45, 2.75) is 30.2 Å². The van der Waals surface area contributed by atoms with Crippen LogP contribution in [0, 0.1) is 13.8 Å². The number of nitrogens with two attached hydrogens (primary N) is 2. The summed E-state index contributed by atoms with van der Waals surface area (Å²) in [6.45, 7) is 3.78. The number of β-lactam (4-membered cyclic amide) rings is 1. The van der Waals surface area contributed by atoms with Crippen LogP contribution >= 0.6 is 34.9 Å². The third kappa shape index (κ3) is 4.85. The number of thioether (sulfide) groups is 2. The SMILES string of the molecule is CO/N=C(\C(=O)N[C@@H]1C(=O)N2C(C(=O)O)=C(CSc3cc(C)[n+](N)c(C)c3)CS[C@H]12)c1csc(N)n1. The number of oxime groups is 1. The third-order valence-corrected chi connectivity index (χ3v) is 8.65. The second-order valence-electron chi connectivity index (χ2n) is 7.94. The average Bonchev–Trinajstić information content (AvgIpc) is 3.27. The summed E-state index contributed by atoms with van der Waals surface area (Å²) in [6.07, 6.45) is 0. The van der Waals surface area contributed by atoms with Gasteiger partial charge in [0.2, 0.25) is 11.4 Å². The number of hydrogen-bond acceptors (Lipinski definition) is 11. The lowest BCUT2D eigenvalue weighted by atomic mass is 10.0. The minimum absolute atomic E-state index is 0.0435. The molecule has 6 N–H and O–H groups in total. The van der Waals surface area contributed by atoms with Gasteiger partial charge in [-0.3, -0.25) is 14.5 Å². The zero-order valence-electron chi connectivity index (χ0n) is 19.5. The van der Waals surface area contributed by atoms with Crippen LogP contribution in [0.5, 0.6) is 0 Å². The van der Waals surface area contributed by atoms with Crippen molar-refractivity contribution < 1.29 is 29.0 Å². The molecule has 2 aromatic rings. The average molecular weight is 551 g/mol. The number of pyridine rings is 1. The van der Waals surface area contributed by atoms with E-state index in [-0.39, 0.29) is 22.2 Å². The highest BCUT2D eigenvalue weighted by molar-refractivity contribution is 8.01. The van der Waals surface area contributed by atoms with Gasteiger partial charge in [-0.25, -0.2) is 15.6 Å². The molecule has 2 atom stereocenters. The normalized spacial score (nSPS) is 19.6. The molecule has 0 aliphatic carbocycles. The monoisotopic (exact) mass is 550 g/mol. The standard InChI is InChI=1S/C21H23N7O5S3/c1-9-4-12(5-10(2)28(9)23)34-6-11-7-35-19-15(18(30)27(19)16(11)20(31)32)25-17(29)14(26-33-3)13-8-36-21(22)24-13/h4-5,8,15,19H,6-7,23H2,1-3H3,(H3-,22,24,25,29,31,32)/p+1/b26-14-/t15-,19-/m1/s1. The second kappa shape index (κ2) is 10.4. The second-order valence-corrected chi connectivity index (χ2v) is 11.0. The van der Waals surface area contributed by atoms with Crippen molar-refractivity contribution in [3.63, 3.8) is 0 Å². The van der Waals surface area contributed by atoms with Crippen molar-refractivity contribution in [3.05, 3.63) is 45.9 Å². The van der Waals surface area contributed by atoms with Gasteiger partial charge in [0, 0.05) is 47.8 Å². The van der Waals surface area contributed by atoms with E-state index in [0.29, 0.717) is 17.1 Å². The molecule has 0 bridgehead atoms. The summed E-state index contributed by atoms with van der Waals surface area (Å²) in [5, 5.41) is 17.5. The molecular weight excluding hydrogens is 526 g/mol. The third-order valence-electron chi connectivity index (χ3n) is 5.57. The molecule has 0 radical (unpaired) electrons. The lowest BCUT2D eigenvalue weighted by Gasteiger charge is -2.49. The van der Waals surface area contributed by atoms with Crippen molar-refractivity contribution in [2.75, 3.05) is 30.2 Å². The number of nitrogen functional groups attached to an aromatic ring is 2. The van der Waals surface area contributed by atoms with Crippen LogP contribution in [0.25, 0.3) is 0 Å². The maximum absolute atomic E-state index is 13.0. The molecule has 0 spiro atoms. The number of carboxylic acid groups (broad SMARTS) is 1. The number of aryl methyl sites for hydroxylation is 2. The first-order chi connectivity index (χ1) is 17.1. The Balaban J connectivity index is 1.50. The van der Waals surface area contributed by atoms with Crippen LogP contribution in [0.2, 0.25) is 0 Å². The first-order valence-corrected chi connectivity index (χ1v) is 13.5. The largest absolute Gasteiger partial charge is 0.477 e. The smallest absolute Gasteiger partial charge is 0.352 e. The fourth-order valence-corrected chi connectivity index (χ4v) is 6.93. The highest BCUT2D eigenvalue weighted by atomic mass is 32.2. The maximum Gasteiger partial charge on any atom is 0.352 e. The number of nitrogens with one attached hydrogen (secondary N) is 1. The number of aromatic nitrogens is 2. The molecule has 1 fully saturated rings. The summed E-state index contributed by atoms with van der Waals surface area (Å²) >= 11 is 4.00. The highest BCUT2D eigenvalue weighted by Crippen LogP contribution is 2.41. The van der Waals surface area contributed by atoms with Crippen molar-refractivity contribution in [1.29, 1.82) is 0 Å². The number of thiazole rings is 1. The molecule has 12 nitrogen and oxygen atoms in total. The lowest BCUT2D eigenvalue weighted by molar-refractivity contribution is -0.652. The van der Waals surface area contributed by atoms with Crippen LogP contribution in [-0.4, -0.2) is 68.5 Å². The molecule has 0 aromatic carbocycles. The van der Waals surface area contributed by atoms with Gasteiger partial charge in [0.15, 0.2) is 10.8 Å². The zero-order valence-corrected chi connectivity index (χ0v) is 22.0. The van der Waals surface area contributed by atoms with E-state index < -0.39 is 29.2 Å². The first kappa shape index (κ1) is 25.8. The van der Waals surface area contributed by atoms with E-state index in [9.17, 15) is 19.5 Å². The summed E-state index contributed by atoms with van der Waals surface area (Å²) in [5.41, 5.74) is 8.07. The molecule has 2 aromatic heterocycles. The van der Waals surface area contributed by atoms with Gasteiger partial charge in [0.25, 0.3) is 11.8 Å². The van der Waals surface area contributed by atoms with Gasteiger partial charge in [-0.2, -0.15) is 0 Å². The summed E-state index contributed by atoms with van der Waals surface area (Å²) in [7, 11) is 1.28. The Morgan fingerprint density at radius 1 is 1.39 bits per heavy atom. The fourth-order valence-electron chi connectivity index (χ4n) is 3.82. The predicted octanol–water partition coefficient (Wildman–Crippen LogP) is 0.225. The number of carbonyl (C=O) groups is 3. The summed E-state index contributed by atoms with van der Waals surface area (Å²) < 4.78 is 1.58. The molecule has 4 heterocycles. The minimum atomic E-state index is -1.19. The molecule has 15 heteroatoms. The molecule has 2 aliphatic rings. The van der Waals surface area contributed by atoms with Gasteiger partial charge < -0.3 is 21.0 Å². The van der Waals surface area contributed by atoms with Crippen molar-refractivity contribution in [1.82, 2.24) is 15.2 Å². The van der Waals surface area contributed by atoms with E-state index in [0.717, 1.165) is 27.6 Å². The Morgan fingerprint density at radius 3 is 2.67 bits per heavy atom. The van der Waals surface area contributed by atoms with Gasteiger partial charge in [0.1, 0.15) is 29.9 Å². The maximum atomic E-state index is 13.0. The minimum Gasteiger partial charge on any atom is -0.477 e. The Kier molecular flexibility index (Phi) is 7.42. The molecule has 190 valence electrons. The number of carbonyl (C=O) groups excluding carboxylic acids is 2. The Hall–Kier alpha value is -3.30. The van der Waals surface area contributed by atoms with Crippen LogP contribution < -0.4 is 21.6 Å². The fraction of sp³-hybridized carbons (Fsp3) is 0.333. The summed E-state index contributed by atoms with van der Waals surface area (Å²) in [4.78, 5) is 49.0. The van der Waals surface area contributed by atoms with E-state index in [1.807, 2.05) is 26.0 Å². The molecule has 36 heavy (non-hydrogen) atoms. The molecular formula is C21H24N7O5S3+. The summed E-state index contributed by atoms with van der Waals surface area (Å²) in [5.74, 6) is 4.37. The van der Waals surface area contributed by atoms with E-state index >= 15 is 0 Å². The Labute approximate surface area is 218 Å². The number of amides is 2. The van der Waals surface area contributed by atoms with Crippen molar-refractivity contribution in [2.24, 2.45) is 5.16 Å². The number of rotatable bonds is 8. The van der Waals surface area contributed by atoms with Crippen LogP contribution in [0.15, 0.2) is 38.8 Å². The van der Waals surface area contributed by atoms with Gasteiger partial charge in [-0.15, -0.1) is 34.9 Å². The molecule has 2 aliphatic heterocycles. The number of carboxylic acids is 1. The molecule has 0 unspecified atom stereocenters. The molecule has 1 saturated heterocycles. The number of anilines is 1. The number of aliphatic carboxylic acids is 1. The topological polar surface area (TPSA) is 177 Å². The zero-order chi connectivity index (χ0) is 26.1. The van der Waals surface area contributed by atoms with Crippen molar-refractivity contribution >= 4 is 63.5 Å². The predicted molar refractivity (Wildman–Crippen MR) is 137 cm³/mol. The van der Waals surface area contributed by atoms with E-state index in [1.165, 1.54) is 35.5 Å². The van der Waals surface area contributed by atoms with Gasteiger partial charge in [-0.1, -0.05) is 9.83 Å². The van der Waals surface area contributed by atoms with Crippen LogP contribution in [-0.2, 0) is 19.2 Å². The molecule has 4 rings (SSSR count). The van der Waals surface area contributed by atoms with Gasteiger partial charge in [-0.05, 0) is 5.57 Å². The lowest BCUT2D eigenvalue weighted by Crippen LogP contribution is -2.71. The van der Waals surface area contributed by atoms with Crippen LogP contribution in [0.3, 0.4) is 0 Å². The highest BCUT2D eigenvalue weighted by Gasteiger charge is 2.54. The number of fused-ring (bicyclic) bond motifs is 1. The van der Waals surface area contributed by atoms with E-state index in [4.69, 9.17) is 16.4 Å². The quantitative estimate of drug-likeness (QED) is 0.0888. The number of nitrogens with zero attached hydrogens (tertiary/aromatic N) is 4. The van der Waals surface area contributed by atoms with Gasteiger partial charge in [0.05, 0.1) is 0 Å². The van der Waals surface area contributed by atoms with Crippen LogP contribution in [0.1, 0.15) is 17.1 Å². The van der Waals surface area contributed by atoms with Gasteiger partial charge >= 0.3 is 5.97 Å². The van der Waals surface area contributed by atoms with E-state index in [1.54, 1.807) is 10.1 Å². The number of hydrogen-bond donors (Lipinski definition) is 4. The first-order valence-electron chi connectivity index (χ1n) is 10.6. The van der Waals surface area contributed by atoms with Crippen LogP contribution in [0.4, 0.5) is 5.13 Å². The molecule has 0 saturated carbocycles. The molecule has 2 amide bonds. The Bertz CT molecular complexity index is 1290. The Morgan fingerprint density at radius 2 is 2.08 bits per heavy atom. The van der Waals surface area contributed by atoms with E-state index in [2.05, 4.69) is 15.5 Å². The van der Waals surface area contributed by atoms with Crippen molar-refractivity contribution in [3.8, 4) is 0 Å². The summed E-state index contributed by atoms with van der Waals surface area (Å²) in [6, 6.07) is 2.93.